The van der Waals surface area contributed by atoms with Crippen molar-refractivity contribution in [2.24, 2.45) is 0 Å². The molecule has 1 heteroatoms. The number of hydrogen-bond donors (Lipinski definition) is 0. The average molecular weight is 91.2 g/mol. The maximum absolute atomic E-state index is 2.00. The molecule has 35 valence electrons. The minimum atomic E-state index is 0. The normalized spacial score (nSPS) is 2.40. The Morgan fingerprint density at radius 2 is 0.600 bits per heavy atom. The van der Waals surface area contributed by atoms with Crippen LogP contribution in [-0.2, 0) is 0 Å². The molecule has 0 amide bonds. The van der Waals surface area contributed by atoms with Crippen LogP contribution in [0.1, 0.15) is 27.7 Å². The monoisotopic (exact) mass is 91.1 g/mol. The fourth-order valence-corrected chi connectivity index (χ4v) is 0. The third-order valence-electron chi connectivity index (χ3n) is 0. The highest BCUT2D eigenvalue weighted by molar-refractivity contribution is 5.75. The van der Waals surface area contributed by atoms with Crippen molar-refractivity contribution in [3.63, 3.8) is 0 Å². The van der Waals surface area contributed by atoms with Crippen LogP contribution in [0, 0.1) is 0 Å². The van der Waals surface area contributed by atoms with Crippen molar-refractivity contribution < 1.29 is 0 Å². The fourth-order valence-electron chi connectivity index (χ4n) is 0. The van der Waals surface area contributed by atoms with Crippen LogP contribution in [0.4, 0.5) is 0 Å². The van der Waals surface area contributed by atoms with Gasteiger partial charge >= 0.3 is 0 Å². The summed E-state index contributed by atoms with van der Waals surface area (Å²) in [5, 5.41) is 0. The summed E-state index contributed by atoms with van der Waals surface area (Å²) in [4.78, 5) is 0. The summed E-state index contributed by atoms with van der Waals surface area (Å²) in [7, 11) is 0. The molecule has 0 saturated carbocycles. The lowest BCUT2D eigenvalue weighted by Gasteiger charge is -1.07. The van der Waals surface area contributed by atoms with E-state index in [2.05, 4.69) is 0 Å². The van der Waals surface area contributed by atoms with Gasteiger partial charge in [0, 0.05) is 0 Å². The molecule has 0 aliphatic heterocycles. The first kappa shape index (κ1) is 18.9. The molecule has 0 atom stereocenters. The van der Waals surface area contributed by atoms with E-state index in [4.69, 9.17) is 0 Å². The Hall–Kier alpha value is 0.217. The van der Waals surface area contributed by atoms with Gasteiger partial charge in [-0.05, 0) is 11.0 Å². The second-order valence-electron chi connectivity index (χ2n) is 0. The molecule has 0 nitrogen and oxygen atoms in total. The third kappa shape index (κ3) is 441. The molecule has 0 aromatic heterocycles. The SMILES string of the molecule is CC.CC.[SiH3]. The van der Waals surface area contributed by atoms with Crippen LogP contribution in [0.15, 0.2) is 0 Å². The van der Waals surface area contributed by atoms with E-state index in [-0.39, 0.29) is 11.0 Å². The Morgan fingerprint density at radius 3 is 0.600 bits per heavy atom. The molecule has 0 fully saturated rings. The van der Waals surface area contributed by atoms with Crippen molar-refractivity contribution in [1.29, 1.82) is 0 Å². The van der Waals surface area contributed by atoms with Gasteiger partial charge in [0.2, 0.25) is 0 Å². The molecule has 1 radical (unpaired) electrons. The van der Waals surface area contributed by atoms with E-state index >= 15 is 0 Å². The highest BCUT2D eigenvalue weighted by Gasteiger charge is 0.934. The molecule has 0 aromatic carbocycles. The van der Waals surface area contributed by atoms with Gasteiger partial charge < -0.3 is 0 Å². The minimum absolute atomic E-state index is 0. The summed E-state index contributed by atoms with van der Waals surface area (Å²) in [6, 6.07) is 0. The Kier molecular flexibility index (Phi) is 3500. The predicted molar refractivity (Wildman–Crippen MR) is 32.6 cm³/mol. The molecule has 0 N–H and O–H groups in total. The van der Waals surface area contributed by atoms with Gasteiger partial charge in [0.05, 0.1) is 0 Å². The maximum Gasteiger partial charge on any atom is -0.0125 e. The van der Waals surface area contributed by atoms with Crippen molar-refractivity contribution in [2.75, 3.05) is 0 Å². The fraction of sp³-hybridized carbons (Fsp3) is 1.00. The third-order valence-corrected chi connectivity index (χ3v) is 0. The summed E-state index contributed by atoms with van der Waals surface area (Å²) in [5.41, 5.74) is 0. The quantitative estimate of drug-likeness (QED) is 0.388. The molecule has 0 unspecified atom stereocenters. The largest absolute Gasteiger partial charge is 0.0683 e. The Bertz CT molecular complexity index is 3.61. The molecular formula is C4H15Si. The van der Waals surface area contributed by atoms with Gasteiger partial charge in [-0.2, -0.15) is 0 Å². The highest BCUT2D eigenvalue weighted by atomic mass is 28.1. The molecule has 0 heterocycles. The summed E-state index contributed by atoms with van der Waals surface area (Å²) in [6.07, 6.45) is 0. The molecule has 0 saturated heterocycles. The van der Waals surface area contributed by atoms with Crippen LogP contribution in [0.3, 0.4) is 0 Å². The second-order valence-corrected chi connectivity index (χ2v) is 0. The molecule has 0 aliphatic carbocycles. The van der Waals surface area contributed by atoms with Gasteiger partial charge in [-0.1, -0.05) is 27.7 Å². The molecule has 5 heavy (non-hydrogen) atoms. The van der Waals surface area contributed by atoms with E-state index in [0.29, 0.717) is 0 Å². The number of rotatable bonds is 0. The van der Waals surface area contributed by atoms with Crippen LogP contribution in [0.25, 0.3) is 0 Å². The van der Waals surface area contributed by atoms with Crippen molar-refractivity contribution in [3.05, 3.63) is 0 Å². The van der Waals surface area contributed by atoms with Crippen LogP contribution in [0.5, 0.6) is 0 Å². The highest BCUT2D eigenvalue weighted by Crippen LogP contribution is 1.15. The van der Waals surface area contributed by atoms with Crippen molar-refractivity contribution in [3.8, 4) is 0 Å². The Labute approximate surface area is 39.6 Å². The Morgan fingerprint density at radius 1 is 0.600 bits per heavy atom. The van der Waals surface area contributed by atoms with E-state index in [1.807, 2.05) is 27.7 Å². The van der Waals surface area contributed by atoms with Gasteiger partial charge in [0.15, 0.2) is 0 Å². The maximum atomic E-state index is 2.00. The second kappa shape index (κ2) is 928. The van der Waals surface area contributed by atoms with E-state index in [9.17, 15) is 0 Å². The average Bonchev–Trinajstić information content (AvgIpc) is 1.50. The van der Waals surface area contributed by atoms with Gasteiger partial charge in [-0.15, -0.1) is 0 Å². The van der Waals surface area contributed by atoms with E-state index in [1.165, 1.54) is 0 Å². The summed E-state index contributed by atoms with van der Waals surface area (Å²) >= 11 is 0. The summed E-state index contributed by atoms with van der Waals surface area (Å²) < 4.78 is 0. The standard InChI is InChI=1S/2C2H6.H3Si/c2*1-2;/h2*1-2H3;1H3. The predicted octanol–water partition coefficient (Wildman–Crippen LogP) is 0.868. The van der Waals surface area contributed by atoms with Crippen molar-refractivity contribution >= 4 is 11.0 Å². The van der Waals surface area contributed by atoms with E-state index < -0.39 is 0 Å². The first-order valence-electron chi connectivity index (χ1n) is 2.00. The van der Waals surface area contributed by atoms with Gasteiger partial charge in [0.1, 0.15) is 0 Å². The number of hydrogen-bond acceptors (Lipinski definition) is 0. The summed E-state index contributed by atoms with van der Waals surface area (Å²) in [6.45, 7) is 8.00. The smallest absolute Gasteiger partial charge is 0.0125 e. The van der Waals surface area contributed by atoms with Crippen molar-refractivity contribution in [2.45, 2.75) is 27.7 Å². The lowest BCUT2D eigenvalue weighted by molar-refractivity contribution is 1.50. The van der Waals surface area contributed by atoms with Crippen LogP contribution >= 0.6 is 0 Å². The van der Waals surface area contributed by atoms with Crippen LogP contribution in [-0.4, -0.2) is 11.0 Å². The Balaban J connectivity index is -0.0000000133. The minimum Gasteiger partial charge on any atom is -0.0683 e. The zero-order chi connectivity index (χ0) is 4.00. The lowest BCUT2D eigenvalue weighted by atomic mass is 11.0. The van der Waals surface area contributed by atoms with E-state index in [1.54, 1.807) is 0 Å². The molecular weight excluding hydrogens is 76.1 g/mol. The molecule has 0 aromatic rings. The zero-order valence-corrected chi connectivity index (χ0v) is 7.00. The first-order chi connectivity index (χ1) is 2.00. The topological polar surface area (TPSA) is 0 Å². The zero-order valence-electron chi connectivity index (χ0n) is 5.00. The van der Waals surface area contributed by atoms with Gasteiger partial charge in [-0.25, -0.2) is 0 Å². The molecule has 0 rings (SSSR count). The first-order valence-corrected chi connectivity index (χ1v) is 2.00. The van der Waals surface area contributed by atoms with Gasteiger partial charge in [-0.3, -0.25) is 0 Å². The van der Waals surface area contributed by atoms with E-state index in [0.717, 1.165) is 0 Å². The van der Waals surface area contributed by atoms with Gasteiger partial charge in [0.25, 0.3) is 0 Å². The molecule has 0 spiro atoms. The molecule has 0 bridgehead atoms. The van der Waals surface area contributed by atoms with Crippen LogP contribution in [0.2, 0.25) is 0 Å². The molecule has 0 aliphatic rings. The lowest BCUT2D eigenvalue weighted by Crippen LogP contribution is -0.856. The summed E-state index contributed by atoms with van der Waals surface area (Å²) in [5.74, 6) is 0. The van der Waals surface area contributed by atoms with Crippen molar-refractivity contribution in [1.82, 2.24) is 0 Å². The van der Waals surface area contributed by atoms with Crippen LogP contribution < -0.4 is 0 Å².